The molecule has 0 fully saturated rings. The summed E-state index contributed by atoms with van der Waals surface area (Å²) in [5.74, 6) is -0.440. The van der Waals surface area contributed by atoms with Crippen LogP contribution < -0.4 is 4.72 Å². The molecular weight excluding hydrogens is 297 g/mol. The first-order chi connectivity index (χ1) is 8.49. The maximum atomic E-state index is 13.3. The van der Waals surface area contributed by atoms with Gasteiger partial charge in [0.2, 0.25) is 10.0 Å². The average Bonchev–Trinajstić information content (AvgIpc) is 2.76. The van der Waals surface area contributed by atoms with Gasteiger partial charge in [-0.25, -0.2) is 17.5 Å². The first kappa shape index (κ1) is 13.5. The third-order valence-electron chi connectivity index (χ3n) is 2.22. The van der Waals surface area contributed by atoms with Crippen LogP contribution in [0.1, 0.15) is 5.56 Å². The Morgan fingerprint density at radius 1 is 1.22 bits per heavy atom. The van der Waals surface area contributed by atoms with Gasteiger partial charge in [-0.05, 0) is 18.2 Å². The van der Waals surface area contributed by atoms with Gasteiger partial charge in [0.25, 0.3) is 0 Å². The molecule has 0 bridgehead atoms. The summed E-state index contributed by atoms with van der Waals surface area (Å²) in [4.78, 5) is 0. The van der Waals surface area contributed by atoms with Crippen molar-refractivity contribution < 1.29 is 12.8 Å². The van der Waals surface area contributed by atoms with Crippen LogP contribution in [-0.2, 0) is 16.6 Å². The van der Waals surface area contributed by atoms with Gasteiger partial charge in [-0.15, -0.1) is 11.3 Å². The highest BCUT2D eigenvalue weighted by atomic mass is 35.5. The van der Waals surface area contributed by atoms with Crippen molar-refractivity contribution in [3.05, 3.63) is 52.1 Å². The molecule has 2 aromatic rings. The first-order valence-corrected chi connectivity index (χ1v) is 7.65. The summed E-state index contributed by atoms with van der Waals surface area (Å²) in [5, 5.41) is 0. The van der Waals surface area contributed by atoms with Crippen LogP contribution in [0.4, 0.5) is 4.39 Å². The zero-order valence-electron chi connectivity index (χ0n) is 9.06. The number of nitrogens with one attached hydrogen (secondary N) is 1. The van der Waals surface area contributed by atoms with E-state index >= 15 is 0 Å². The summed E-state index contributed by atoms with van der Waals surface area (Å²) in [7, 11) is -3.64. The van der Waals surface area contributed by atoms with Gasteiger partial charge in [0, 0.05) is 12.1 Å². The van der Waals surface area contributed by atoms with Gasteiger partial charge < -0.3 is 0 Å². The molecule has 1 heterocycles. The molecule has 7 heteroatoms. The Bertz CT molecular complexity index is 655. The van der Waals surface area contributed by atoms with Crippen molar-refractivity contribution in [3.63, 3.8) is 0 Å². The van der Waals surface area contributed by atoms with Crippen LogP contribution >= 0.6 is 22.9 Å². The van der Waals surface area contributed by atoms with Gasteiger partial charge in [-0.3, -0.25) is 0 Å². The van der Waals surface area contributed by atoms with Crippen molar-refractivity contribution in [1.29, 1.82) is 0 Å². The molecule has 0 amide bonds. The summed E-state index contributed by atoms with van der Waals surface area (Å²) in [5.41, 5.74) is 0.295. The maximum Gasteiger partial charge on any atom is 0.250 e. The molecular formula is C11H9ClFNO2S2. The van der Waals surface area contributed by atoms with Crippen molar-refractivity contribution in [1.82, 2.24) is 4.72 Å². The molecule has 1 aromatic heterocycles. The zero-order valence-corrected chi connectivity index (χ0v) is 11.4. The standard InChI is InChI=1S/C11H9ClFNO2S2/c12-10-5-6-11(17-10)18(15,16)14-7-8-3-1-2-4-9(8)13/h1-6,14H,7H2. The quantitative estimate of drug-likeness (QED) is 0.944. The number of rotatable bonds is 4. The van der Waals surface area contributed by atoms with Crippen molar-refractivity contribution in [2.24, 2.45) is 0 Å². The fourth-order valence-corrected chi connectivity index (χ4v) is 3.86. The van der Waals surface area contributed by atoms with E-state index in [2.05, 4.69) is 4.72 Å². The molecule has 96 valence electrons. The molecule has 0 atom stereocenters. The number of hydrogen-bond donors (Lipinski definition) is 1. The zero-order chi connectivity index (χ0) is 13.2. The maximum absolute atomic E-state index is 13.3. The minimum absolute atomic E-state index is 0.0927. The Morgan fingerprint density at radius 3 is 2.56 bits per heavy atom. The summed E-state index contributed by atoms with van der Waals surface area (Å²) >= 11 is 6.63. The highest BCUT2D eigenvalue weighted by Crippen LogP contribution is 2.25. The average molecular weight is 306 g/mol. The number of thiophene rings is 1. The molecule has 0 aliphatic heterocycles. The van der Waals surface area contributed by atoms with Crippen LogP contribution in [0.25, 0.3) is 0 Å². The molecule has 0 radical (unpaired) electrons. The molecule has 0 saturated carbocycles. The Balaban J connectivity index is 2.13. The smallest absolute Gasteiger partial charge is 0.207 e. The number of halogens is 2. The van der Waals surface area contributed by atoms with E-state index in [4.69, 9.17) is 11.6 Å². The summed E-state index contributed by atoms with van der Waals surface area (Å²) in [6.07, 6.45) is 0. The molecule has 18 heavy (non-hydrogen) atoms. The Hall–Kier alpha value is -0.950. The SMILES string of the molecule is O=S(=O)(NCc1ccccc1F)c1ccc(Cl)s1. The lowest BCUT2D eigenvalue weighted by Gasteiger charge is -2.05. The van der Waals surface area contributed by atoms with Gasteiger partial charge in [-0.1, -0.05) is 29.8 Å². The summed E-state index contributed by atoms with van der Waals surface area (Å²) in [6, 6.07) is 8.92. The predicted octanol–water partition coefficient (Wildman–Crippen LogP) is 3.02. The molecule has 3 nitrogen and oxygen atoms in total. The number of sulfonamides is 1. The Kier molecular flexibility index (Phi) is 4.01. The fraction of sp³-hybridized carbons (Fsp3) is 0.0909. The van der Waals surface area contributed by atoms with E-state index in [0.717, 1.165) is 11.3 Å². The second kappa shape index (κ2) is 5.36. The van der Waals surface area contributed by atoms with Gasteiger partial charge in [0.1, 0.15) is 10.0 Å². The van der Waals surface area contributed by atoms with E-state index in [1.54, 1.807) is 12.1 Å². The van der Waals surface area contributed by atoms with Crippen LogP contribution in [0, 0.1) is 5.82 Å². The topological polar surface area (TPSA) is 46.2 Å². The normalized spacial score (nSPS) is 11.7. The third-order valence-corrected chi connectivity index (χ3v) is 5.35. The monoisotopic (exact) mass is 305 g/mol. The van der Waals surface area contributed by atoms with Gasteiger partial charge in [-0.2, -0.15) is 0 Å². The third kappa shape index (κ3) is 3.08. The van der Waals surface area contributed by atoms with Crippen LogP contribution in [-0.4, -0.2) is 8.42 Å². The highest BCUT2D eigenvalue weighted by molar-refractivity contribution is 7.91. The van der Waals surface area contributed by atoms with Crippen molar-refractivity contribution in [2.45, 2.75) is 10.8 Å². The molecule has 0 aliphatic carbocycles. The van der Waals surface area contributed by atoms with E-state index in [1.807, 2.05) is 0 Å². The van der Waals surface area contributed by atoms with E-state index in [1.165, 1.54) is 24.3 Å². The molecule has 0 aliphatic rings. The van der Waals surface area contributed by atoms with E-state index in [0.29, 0.717) is 9.90 Å². The second-order valence-electron chi connectivity index (χ2n) is 3.47. The van der Waals surface area contributed by atoms with Crippen molar-refractivity contribution in [3.8, 4) is 0 Å². The molecule has 1 aromatic carbocycles. The highest BCUT2D eigenvalue weighted by Gasteiger charge is 2.16. The largest absolute Gasteiger partial charge is 0.250 e. The van der Waals surface area contributed by atoms with Crippen molar-refractivity contribution >= 4 is 33.0 Å². The number of hydrogen-bond acceptors (Lipinski definition) is 3. The molecule has 0 unspecified atom stereocenters. The van der Waals surface area contributed by atoms with Gasteiger partial charge in [0.15, 0.2) is 0 Å². The first-order valence-electron chi connectivity index (χ1n) is 4.97. The molecule has 1 N–H and O–H groups in total. The lowest BCUT2D eigenvalue weighted by Crippen LogP contribution is -2.22. The lowest BCUT2D eigenvalue weighted by atomic mass is 10.2. The van der Waals surface area contributed by atoms with E-state index < -0.39 is 15.8 Å². The van der Waals surface area contributed by atoms with Gasteiger partial charge >= 0.3 is 0 Å². The lowest BCUT2D eigenvalue weighted by molar-refractivity contribution is 0.576. The summed E-state index contributed by atoms with van der Waals surface area (Å²) < 4.78 is 39.8. The fourth-order valence-electron chi connectivity index (χ4n) is 1.33. The van der Waals surface area contributed by atoms with Crippen LogP contribution in [0.3, 0.4) is 0 Å². The molecule has 0 saturated heterocycles. The summed E-state index contributed by atoms with van der Waals surface area (Å²) in [6.45, 7) is -0.0927. The van der Waals surface area contributed by atoms with E-state index in [9.17, 15) is 12.8 Å². The minimum Gasteiger partial charge on any atom is -0.207 e. The van der Waals surface area contributed by atoms with E-state index in [-0.39, 0.29) is 10.8 Å². The van der Waals surface area contributed by atoms with Crippen molar-refractivity contribution in [2.75, 3.05) is 0 Å². The number of benzene rings is 1. The Morgan fingerprint density at radius 2 is 1.94 bits per heavy atom. The second-order valence-corrected chi connectivity index (χ2v) is 7.18. The van der Waals surface area contributed by atoms with Gasteiger partial charge in [0.05, 0.1) is 4.34 Å². The predicted molar refractivity (Wildman–Crippen MR) is 69.8 cm³/mol. The Labute approximate surface area is 113 Å². The minimum atomic E-state index is -3.64. The van der Waals surface area contributed by atoms with Crippen LogP contribution in [0.15, 0.2) is 40.6 Å². The van der Waals surface area contributed by atoms with Crippen LogP contribution in [0.2, 0.25) is 4.34 Å². The molecule has 0 spiro atoms. The van der Waals surface area contributed by atoms with Crippen LogP contribution in [0.5, 0.6) is 0 Å². The molecule has 2 rings (SSSR count).